The third kappa shape index (κ3) is 4.96. The average molecular weight is 466 g/mol. The second kappa shape index (κ2) is 11.2. The lowest BCUT2D eigenvalue weighted by Gasteiger charge is -2.19. The number of rotatable bonds is 10. The molecule has 0 aliphatic rings. The van der Waals surface area contributed by atoms with E-state index in [4.69, 9.17) is 23.7 Å². The Kier molecular flexibility index (Phi) is 8.08. The Labute approximate surface area is 198 Å². The third-order valence-corrected chi connectivity index (χ3v) is 4.97. The van der Waals surface area contributed by atoms with Crippen LogP contribution in [0.3, 0.4) is 0 Å². The van der Waals surface area contributed by atoms with Crippen LogP contribution in [0, 0.1) is 0 Å². The number of esters is 2. The molecule has 0 unspecified atom stereocenters. The third-order valence-electron chi connectivity index (χ3n) is 4.97. The molecule has 0 spiro atoms. The number of methoxy groups -OCH3 is 2. The molecule has 8 nitrogen and oxygen atoms in total. The molecule has 1 aromatic heterocycles. The normalized spacial score (nSPS) is 10.5. The van der Waals surface area contributed by atoms with Gasteiger partial charge in [0.05, 0.1) is 38.6 Å². The Bertz CT molecular complexity index is 1220. The molecule has 0 amide bonds. The van der Waals surface area contributed by atoms with Gasteiger partial charge in [-0.25, -0.2) is 14.6 Å². The summed E-state index contributed by atoms with van der Waals surface area (Å²) in [4.78, 5) is 29.9. The fraction of sp³-hybridized carbons (Fsp3) is 0.269. The highest BCUT2D eigenvalue weighted by molar-refractivity contribution is 6.16. The van der Waals surface area contributed by atoms with E-state index in [2.05, 4.69) is 11.6 Å². The van der Waals surface area contributed by atoms with Crippen molar-refractivity contribution in [2.24, 2.45) is 0 Å². The molecule has 2 aromatic carbocycles. The van der Waals surface area contributed by atoms with Crippen LogP contribution < -0.4 is 14.2 Å². The van der Waals surface area contributed by atoms with Crippen molar-refractivity contribution in [2.45, 2.75) is 13.8 Å². The Morgan fingerprint density at radius 2 is 1.62 bits per heavy atom. The van der Waals surface area contributed by atoms with Gasteiger partial charge in [0.1, 0.15) is 6.61 Å². The first-order valence-corrected chi connectivity index (χ1v) is 10.8. The SMILES string of the molecule is C=CCOc1cc(-c2c(C(=O)OC)c(C(=O)OC)cc3cc(OCC)c(OCC)cc23)ccn1. The molecule has 8 heteroatoms. The molecular weight excluding hydrogens is 438 g/mol. The summed E-state index contributed by atoms with van der Waals surface area (Å²) in [6.07, 6.45) is 3.16. The molecule has 34 heavy (non-hydrogen) atoms. The van der Waals surface area contributed by atoms with Crippen LogP contribution in [0.25, 0.3) is 21.9 Å². The number of fused-ring (bicyclic) bond motifs is 1. The summed E-state index contributed by atoms with van der Waals surface area (Å²) < 4.78 is 27.2. The van der Waals surface area contributed by atoms with Crippen LogP contribution in [-0.4, -0.2) is 51.0 Å². The largest absolute Gasteiger partial charge is 0.490 e. The molecule has 178 valence electrons. The van der Waals surface area contributed by atoms with Gasteiger partial charge in [-0.1, -0.05) is 12.7 Å². The number of nitrogens with zero attached hydrogens (tertiary/aromatic N) is 1. The summed E-state index contributed by atoms with van der Waals surface area (Å²) in [5.41, 5.74) is 1.18. The van der Waals surface area contributed by atoms with Crippen molar-refractivity contribution in [3.05, 3.63) is 60.3 Å². The highest BCUT2D eigenvalue weighted by Gasteiger charge is 2.27. The average Bonchev–Trinajstić information content (AvgIpc) is 2.86. The number of benzene rings is 2. The monoisotopic (exact) mass is 465 g/mol. The van der Waals surface area contributed by atoms with Gasteiger partial charge in [0.2, 0.25) is 5.88 Å². The van der Waals surface area contributed by atoms with Gasteiger partial charge >= 0.3 is 11.9 Å². The number of hydrogen-bond acceptors (Lipinski definition) is 8. The number of carbonyl (C=O) groups excluding carboxylic acids is 2. The topological polar surface area (TPSA) is 93.2 Å². The molecule has 0 radical (unpaired) electrons. The molecule has 0 aliphatic heterocycles. The minimum Gasteiger partial charge on any atom is -0.490 e. The van der Waals surface area contributed by atoms with E-state index in [-0.39, 0.29) is 17.7 Å². The lowest BCUT2D eigenvalue weighted by molar-refractivity contribution is 0.0556. The minimum absolute atomic E-state index is 0.0637. The van der Waals surface area contributed by atoms with Crippen molar-refractivity contribution in [1.29, 1.82) is 0 Å². The van der Waals surface area contributed by atoms with E-state index in [0.29, 0.717) is 52.5 Å². The van der Waals surface area contributed by atoms with Crippen LogP contribution in [0.4, 0.5) is 0 Å². The highest BCUT2D eigenvalue weighted by Crippen LogP contribution is 2.41. The van der Waals surface area contributed by atoms with Crippen molar-refractivity contribution in [2.75, 3.05) is 34.0 Å². The maximum atomic E-state index is 13.0. The van der Waals surface area contributed by atoms with E-state index >= 15 is 0 Å². The van der Waals surface area contributed by atoms with E-state index in [1.165, 1.54) is 14.2 Å². The summed E-state index contributed by atoms with van der Waals surface area (Å²) in [6, 6.07) is 8.56. The summed E-state index contributed by atoms with van der Waals surface area (Å²) >= 11 is 0. The second-order valence-electron chi connectivity index (χ2n) is 7.03. The fourth-order valence-electron chi connectivity index (χ4n) is 3.62. The zero-order valence-corrected chi connectivity index (χ0v) is 19.7. The van der Waals surface area contributed by atoms with Crippen molar-refractivity contribution < 1.29 is 33.3 Å². The number of aromatic nitrogens is 1. The lowest BCUT2D eigenvalue weighted by Crippen LogP contribution is -2.14. The Hall–Kier alpha value is -4.07. The number of ether oxygens (including phenoxy) is 5. The smallest absolute Gasteiger partial charge is 0.339 e. The minimum atomic E-state index is -0.686. The zero-order chi connectivity index (χ0) is 24.7. The second-order valence-corrected chi connectivity index (χ2v) is 7.03. The molecule has 0 saturated carbocycles. The number of hydrogen-bond donors (Lipinski definition) is 0. The van der Waals surface area contributed by atoms with Crippen LogP contribution in [0.1, 0.15) is 34.6 Å². The van der Waals surface area contributed by atoms with Crippen LogP contribution in [0.15, 0.2) is 49.2 Å². The molecule has 0 N–H and O–H groups in total. The first kappa shape index (κ1) is 24.6. The molecule has 0 bridgehead atoms. The fourth-order valence-corrected chi connectivity index (χ4v) is 3.62. The summed E-state index contributed by atoms with van der Waals surface area (Å²) in [7, 11) is 2.51. The maximum absolute atomic E-state index is 13.0. The lowest BCUT2D eigenvalue weighted by atomic mass is 9.89. The molecule has 0 saturated heterocycles. The van der Waals surface area contributed by atoms with Crippen LogP contribution in [0.5, 0.6) is 17.4 Å². The quantitative estimate of drug-likeness (QED) is 0.310. The van der Waals surface area contributed by atoms with Gasteiger partial charge in [0.15, 0.2) is 11.5 Å². The van der Waals surface area contributed by atoms with Crippen LogP contribution in [-0.2, 0) is 9.47 Å². The van der Waals surface area contributed by atoms with Gasteiger partial charge in [0.25, 0.3) is 0 Å². The van der Waals surface area contributed by atoms with Crippen molar-refractivity contribution in [1.82, 2.24) is 4.98 Å². The predicted molar refractivity (Wildman–Crippen MR) is 128 cm³/mol. The molecule has 1 heterocycles. The van der Waals surface area contributed by atoms with Gasteiger partial charge in [-0.3, -0.25) is 0 Å². The van der Waals surface area contributed by atoms with Gasteiger partial charge in [-0.15, -0.1) is 0 Å². The van der Waals surface area contributed by atoms with E-state index in [9.17, 15) is 9.59 Å². The molecule has 0 aliphatic carbocycles. The van der Waals surface area contributed by atoms with E-state index in [1.807, 2.05) is 13.8 Å². The van der Waals surface area contributed by atoms with Crippen LogP contribution in [0.2, 0.25) is 0 Å². The molecule has 0 fully saturated rings. The number of carbonyl (C=O) groups is 2. The molecule has 3 rings (SSSR count). The first-order chi connectivity index (χ1) is 16.5. The maximum Gasteiger partial charge on any atom is 0.339 e. The number of pyridine rings is 1. The Morgan fingerprint density at radius 1 is 0.941 bits per heavy atom. The standard InChI is InChI=1S/C26H27NO7/c1-6-11-34-22-14-16(9-10-27-22)23-18-15-21(33-8-3)20(32-7-2)13-17(18)12-19(25(28)30-4)24(23)26(29)31-5/h6,9-10,12-15H,1,7-8,11H2,2-5H3. The predicted octanol–water partition coefficient (Wildman–Crippen LogP) is 4.84. The van der Waals surface area contributed by atoms with Crippen molar-refractivity contribution in [3.63, 3.8) is 0 Å². The molecule has 0 atom stereocenters. The van der Waals surface area contributed by atoms with Gasteiger partial charge in [-0.05, 0) is 54.4 Å². The molecular formula is C26H27NO7. The summed E-state index contributed by atoms with van der Waals surface area (Å²) in [6.45, 7) is 8.49. The van der Waals surface area contributed by atoms with E-state index < -0.39 is 11.9 Å². The van der Waals surface area contributed by atoms with Gasteiger partial charge in [0, 0.05) is 17.8 Å². The Balaban J connectivity index is 2.46. The molecule has 3 aromatic rings. The summed E-state index contributed by atoms with van der Waals surface area (Å²) in [5.74, 6) is 0.00833. The summed E-state index contributed by atoms with van der Waals surface area (Å²) in [5, 5.41) is 1.31. The zero-order valence-electron chi connectivity index (χ0n) is 19.7. The van der Waals surface area contributed by atoms with Crippen LogP contribution >= 0.6 is 0 Å². The van der Waals surface area contributed by atoms with Gasteiger partial charge < -0.3 is 23.7 Å². The first-order valence-electron chi connectivity index (χ1n) is 10.8. The Morgan fingerprint density at radius 3 is 2.24 bits per heavy atom. The highest BCUT2D eigenvalue weighted by atomic mass is 16.5. The van der Waals surface area contributed by atoms with Crippen molar-refractivity contribution in [3.8, 4) is 28.5 Å². The van der Waals surface area contributed by atoms with Gasteiger partial charge in [-0.2, -0.15) is 0 Å². The van der Waals surface area contributed by atoms with E-state index in [1.54, 1.807) is 42.6 Å². The van der Waals surface area contributed by atoms with Crippen molar-refractivity contribution >= 4 is 22.7 Å². The van der Waals surface area contributed by atoms with E-state index in [0.717, 1.165) is 0 Å².